The molecule has 0 heterocycles. The fourth-order valence-electron chi connectivity index (χ4n) is 2.38. The number of hydrogen-bond donors (Lipinski definition) is 1. The standard InChI is InChI=1S/C21H16O2/c22-19-13-11-16(12-14-19)15-20(17-7-3-1-4-8-17)21(23)18-9-5-2-6-10-18/h1-15,22H/b20-15-. The lowest BCUT2D eigenvalue weighted by Gasteiger charge is -2.08. The van der Waals surface area contributed by atoms with Gasteiger partial charge in [-0.3, -0.25) is 4.79 Å². The Morgan fingerprint density at radius 1 is 0.696 bits per heavy atom. The van der Waals surface area contributed by atoms with Crippen molar-refractivity contribution in [1.29, 1.82) is 0 Å². The summed E-state index contributed by atoms with van der Waals surface area (Å²) in [5.41, 5.74) is 3.02. The second kappa shape index (κ2) is 6.75. The van der Waals surface area contributed by atoms with Gasteiger partial charge in [-0.05, 0) is 29.3 Å². The van der Waals surface area contributed by atoms with Crippen LogP contribution in [0.3, 0.4) is 0 Å². The van der Waals surface area contributed by atoms with E-state index in [0.29, 0.717) is 11.1 Å². The van der Waals surface area contributed by atoms with E-state index in [1.165, 1.54) is 0 Å². The third kappa shape index (κ3) is 3.55. The van der Waals surface area contributed by atoms with Crippen LogP contribution in [0.25, 0.3) is 11.6 Å². The van der Waals surface area contributed by atoms with Gasteiger partial charge in [0.05, 0.1) is 0 Å². The topological polar surface area (TPSA) is 37.3 Å². The summed E-state index contributed by atoms with van der Waals surface area (Å²) < 4.78 is 0. The van der Waals surface area contributed by atoms with Crippen LogP contribution in [0.15, 0.2) is 84.9 Å². The molecule has 1 N–H and O–H groups in total. The van der Waals surface area contributed by atoms with Gasteiger partial charge in [0.2, 0.25) is 0 Å². The monoisotopic (exact) mass is 300 g/mol. The number of carbonyl (C=O) groups is 1. The van der Waals surface area contributed by atoms with Crippen LogP contribution in [-0.4, -0.2) is 10.9 Å². The van der Waals surface area contributed by atoms with Crippen molar-refractivity contribution in [1.82, 2.24) is 0 Å². The van der Waals surface area contributed by atoms with Crippen LogP contribution in [0, 0.1) is 0 Å². The Balaban J connectivity index is 2.07. The normalized spacial score (nSPS) is 11.2. The van der Waals surface area contributed by atoms with Crippen LogP contribution in [0.4, 0.5) is 0 Å². The zero-order valence-electron chi connectivity index (χ0n) is 12.5. The number of ketones is 1. The number of phenolic OH excluding ortho intramolecular Hbond substituents is 1. The molecule has 0 atom stereocenters. The highest BCUT2D eigenvalue weighted by atomic mass is 16.3. The van der Waals surface area contributed by atoms with E-state index in [1.54, 1.807) is 24.3 Å². The van der Waals surface area contributed by atoms with Gasteiger partial charge in [0.1, 0.15) is 5.75 Å². The van der Waals surface area contributed by atoms with Gasteiger partial charge in [-0.15, -0.1) is 0 Å². The highest BCUT2D eigenvalue weighted by molar-refractivity contribution is 6.32. The van der Waals surface area contributed by atoms with Crippen molar-refractivity contribution >= 4 is 17.4 Å². The van der Waals surface area contributed by atoms with E-state index >= 15 is 0 Å². The van der Waals surface area contributed by atoms with E-state index in [2.05, 4.69) is 0 Å². The van der Waals surface area contributed by atoms with Crippen molar-refractivity contribution in [2.45, 2.75) is 0 Å². The number of aromatic hydroxyl groups is 1. The molecule has 23 heavy (non-hydrogen) atoms. The summed E-state index contributed by atoms with van der Waals surface area (Å²) in [6, 6.07) is 25.6. The van der Waals surface area contributed by atoms with Gasteiger partial charge in [-0.2, -0.15) is 0 Å². The first-order chi connectivity index (χ1) is 11.2. The molecule has 2 heteroatoms. The van der Waals surface area contributed by atoms with Gasteiger partial charge in [0, 0.05) is 11.1 Å². The number of hydrogen-bond acceptors (Lipinski definition) is 2. The lowest BCUT2D eigenvalue weighted by Crippen LogP contribution is -2.02. The Morgan fingerprint density at radius 3 is 1.78 bits per heavy atom. The highest BCUT2D eigenvalue weighted by Gasteiger charge is 2.14. The third-order valence-electron chi connectivity index (χ3n) is 3.57. The Morgan fingerprint density at radius 2 is 1.22 bits per heavy atom. The predicted molar refractivity (Wildman–Crippen MR) is 93.2 cm³/mol. The number of Topliss-reactive ketones (excluding diaryl/α,β-unsaturated/α-hetero) is 1. The zero-order valence-corrected chi connectivity index (χ0v) is 12.5. The quantitative estimate of drug-likeness (QED) is 0.426. The summed E-state index contributed by atoms with van der Waals surface area (Å²) in [4.78, 5) is 12.9. The molecule has 0 radical (unpaired) electrons. The maximum Gasteiger partial charge on any atom is 0.193 e. The Labute approximate surface area is 135 Å². The van der Waals surface area contributed by atoms with Gasteiger partial charge in [-0.1, -0.05) is 72.8 Å². The van der Waals surface area contributed by atoms with Gasteiger partial charge in [0.15, 0.2) is 5.78 Å². The molecule has 3 aromatic carbocycles. The van der Waals surface area contributed by atoms with Crippen LogP contribution in [0.1, 0.15) is 21.5 Å². The molecule has 112 valence electrons. The molecular formula is C21H16O2. The molecule has 0 bridgehead atoms. The van der Waals surface area contributed by atoms with E-state index in [1.807, 2.05) is 66.7 Å². The smallest absolute Gasteiger partial charge is 0.193 e. The first kappa shape index (κ1) is 14.8. The number of allylic oxidation sites excluding steroid dienone is 1. The summed E-state index contributed by atoms with van der Waals surface area (Å²) in [7, 11) is 0. The summed E-state index contributed by atoms with van der Waals surface area (Å²) in [6.07, 6.45) is 1.85. The molecule has 2 nitrogen and oxygen atoms in total. The zero-order chi connectivity index (χ0) is 16.1. The second-order valence-electron chi connectivity index (χ2n) is 5.21. The van der Waals surface area contributed by atoms with Gasteiger partial charge in [0.25, 0.3) is 0 Å². The first-order valence-corrected chi connectivity index (χ1v) is 7.40. The molecule has 3 rings (SSSR count). The van der Waals surface area contributed by atoms with Crippen molar-refractivity contribution in [2.24, 2.45) is 0 Å². The molecule has 0 aliphatic carbocycles. The summed E-state index contributed by atoms with van der Waals surface area (Å²) in [6.45, 7) is 0. The van der Waals surface area contributed by atoms with Gasteiger partial charge < -0.3 is 5.11 Å². The number of phenols is 1. The largest absolute Gasteiger partial charge is 0.508 e. The molecule has 0 spiro atoms. The number of benzene rings is 3. The van der Waals surface area contributed by atoms with Gasteiger partial charge in [-0.25, -0.2) is 0 Å². The van der Waals surface area contributed by atoms with Crippen LogP contribution in [0.5, 0.6) is 5.75 Å². The highest BCUT2D eigenvalue weighted by Crippen LogP contribution is 2.23. The van der Waals surface area contributed by atoms with E-state index < -0.39 is 0 Å². The third-order valence-corrected chi connectivity index (χ3v) is 3.57. The maximum absolute atomic E-state index is 12.9. The van der Waals surface area contributed by atoms with Crippen LogP contribution in [-0.2, 0) is 0 Å². The minimum atomic E-state index is -0.0233. The van der Waals surface area contributed by atoms with Crippen molar-refractivity contribution in [3.63, 3.8) is 0 Å². The van der Waals surface area contributed by atoms with E-state index in [4.69, 9.17) is 0 Å². The fraction of sp³-hybridized carbons (Fsp3) is 0. The molecular weight excluding hydrogens is 284 g/mol. The molecule has 0 saturated heterocycles. The van der Waals surface area contributed by atoms with Crippen molar-refractivity contribution in [3.8, 4) is 5.75 Å². The van der Waals surface area contributed by atoms with Crippen LogP contribution >= 0.6 is 0 Å². The number of rotatable bonds is 4. The van der Waals surface area contributed by atoms with E-state index in [9.17, 15) is 9.90 Å². The molecule has 0 saturated carbocycles. The SMILES string of the molecule is O=C(/C(=C\c1ccc(O)cc1)c1ccccc1)c1ccccc1. The Hall–Kier alpha value is -3.13. The Bertz CT molecular complexity index is 817. The summed E-state index contributed by atoms with van der Waals surface area (Å²) in [5.74, 6) is 0.183. The van der Waals surface area contributed by atoms with Crippen molar-refractivity contribution < 1.29 is 9.90 Å². The molecule has 0 fully saturated rings. The van der Waals surface area contributed by atoms with E-state index in [-0.39, 0.29) is 11.5 Å². The van der Waals surface area contributed by atoms with E-state index in [0.717, 1.165) is 11.1 Å². The fourth-order valence-corrected chi connectivity index (χ4v) is 2.38. The first-order valence-electron chi connectivity index (χ1n) is 7.40. The predicted octanol–water partition coefficient (Wildman–Crippen LogP) is 4.82. The molecule has 0 unspecified atom stereocenters. The van der Waals surface area contributed by atoms with Crippen LogP contribution < -0.4 is 0 Å². The summed E-state index contributed by atoms with van der Waals surface area (Å²) in [5, 5.41) is 9.41. The summed E-state index contributed by atoms with van der Waals surface area (Å²) >= 11 is 0. The minimum Gasteiger partial charge on any atom is -0.508 e. The number of carbonyl (C=O) groups excluding carboxylic acids is 1. The maximum atomic E-state index is 12.9. The molecule has 0 aliphatic rings. The van der Waals surface area contributed by atoms with Crippen LogP contribution in [0.2, 0.25) is 0 Å². The lowest BCUT2D eigenvalue weighted by molar-refractivity contribution is 0.105. The lowest BCUT2D eigenvalue weighted by atomic mass is 9.95. The second-order valence-corrected chi connectivity index (χ2v) is 5.21. The average Bonchev–Trinajstić information content (AvgIpc) is 2.62. The van der Waals surface area contributed by atoms with Crippen molar-refractivity contribution in [2.75, 3.05) is 0 Å². The molecule has 0 aliphatic heterocycles. The molecule has 3 aromatic rings. The molecule has 0 aromatic heterocycles. The Kier molecular flexibility index (Phi) is 4.34. The minimum absolute atomic E-state index is 0.0233. The van der Waals surface area contributed by atoms with Gasteiger partial charge >= 0.3 is 0 Å². The van der Waals surface area contributed by atoms with Crippen molar-refractivity contribution in [3.05, 3.63) is 102 Å². The average molecular weight is 300 g/mol. The molecule has 0 amide bonds.